The molecule has 0 fully saturated rings. The lowest BCUT2D eigenvalue weighted by Gasteiger charge is -2.16. The van der Waals surface area contributed by atoms with Crippen LogP contribution in [0.5, 0.6) is 11.5 Å². The summed E-state index contributed by atoms with van der Waals surface area (Å²) in [6.45, 7) is 19.2. The van der Waals surface area contributed by atoms with E-state index >= 15 is 0 Å². The second-order valence-electron chi connectivity index (χ2n) is 18.4. The minimum absolute atomic E-state index is 0.0157. The monoisotopic (exact) mass is 1160 g/mol. The Kier molecular flexibility index (Phi) is 38.3. The van der Waals surface area contributed by atoms with Gasteiger partial charge in [-0.1, -0.05) is 23.7 Å². The molecule has 1 aliphatic heterocycles. The van der Waals surface area contributed by atoms with Gasteiger partial charge in [0.15, 0.2) is 0 Å². The van der Waals surface area contributed by atoms with E-state index in [0.717, 1.165) is 56.0 Å². The number of aliphatic hydroxyl groups is 2. The maximum Gasteiger partial charge on any atom is 0.119 e. The minimum Gasteiger partial charge on any atom is -0.491 e. The van der Waals surface area contributed by atoms with Crippen molar-refractivity contribution in [2.75, 3.05) is 211 Å². The lowest BCUT2D eigenvalue weighted by molar-refractivity contribution is -0.0221. The van der Waals surface area contributed by atoms with Crippen LogP contribution in [0.1, 0.15) is 44.5 Å². The summed E-state index contributed by atoms with van der Waals surface area (Å²) in [5.74, 6) is 14.9. The molecule has 0 radical (unpaired) electrons. The number of hydrogen-bond acceptors (Lipinski definition) is 19. The molecule has 83 heavy (non-hydrogen) atoms. The van der Waals surface area contributed by atoms with Crippen LogP contribution in [-0.2, 0) is 84.3 Å². The molecule has 0 spiro atoms. The highest BCUT2D eigenvalue weighted by Crippen LogP contribution is 2.38. The molecular formula is C64H88O19. The molecule has 458 valence electrons. The first-order valence-electron chi connectivity index (χ1n) is 28.7. The Hall–Kier alpha value is -5.08. The largest absolute Gasteiger partial charge is 0.491 e. The van der Waals surface area contributed by atoms with Crippen molar-refractivity contribution in [2.24, 2.45) is 0 Å². The number of hydrogen-bond donors (Lipinski definition) is 2. The molecule has 0 atom stereocenters. The highest BCUT2D eigenvalue weighted by atomic mass is 16.6. The van der Waals surface area contributed by atoms with Crippen LogP contribution < -0.4 is 9.47 Å². The SMILES string of the molecule is Cc1cc(C#Cc2ccc(OCCOCCOCCOCCOCCOCCOCCOCCO)cc2)cc2c1-c1c(C)cc(C#Cc3ccc(OCCOCCOCCOCCOCCOCCOCCOCCO)cc3)cc1COC2. The molecular weight excluding hydrogens is 1070 g/mol. The van der Waals surface area contributed by atoms with Gasteiger partial charge in [-0.2, -0.15) is 0 Å². The molecule has 19 nitrogen and oxygen atoms in total. The van der Waals surface area contributed by atoms with Crippen molar-refractivity contribution < 1.29 is 90.7 Å². The fourth-order valence-corrected chi connectivity index (χ4v) is 8.05. The van der Waals surface area contributed by atoms with Gasteiger partial charge in [-0.25, -0.2) is 0 Å². The minimum atomic E-state index is 0.0157. The molecule has 19 heteroatoms. The van der Waals surface area contributed by atoms with Gasteiger partial charge in [-0.3, -0.25) is 0 Å². The van der Waals surface area contributed by atoms with Crippen molar-refractivity contribution in [2.45, 2.75) is 27.1 Å². The van der Waals surface area contributed by atoms with Gasteiger partial charge in [0.05, 0.1) is 211 Å². The average molecular weight is 1160 g/mol. The molecule has 0 bridgehead atoms. The summed E-state index contributed by atoms with van der Waals surface area (Å²) in [5.41, 5.74) is 10.6. The summed E-state index contributed by atoms with van der Waals surface area (Å²) in [7, 11) is 0. The Labute approximate surface area is 491 Å². The van der Waals surface area contributed by atoms with Gasteiger partial charge in [0.25, 0.3) is 0 Å². The van der Waals surface area contributed by atoms with Crippen molar-refractivity contribution in [3.05, 3.63) is 117 Å². The first-order chi connectivity index (χ1) is 41.0. The van der Waals surface area contributed by atoms with E-state index in [4.69, 9.17) is 90.7 Å². The van der Waals surface area contributed by atoms with Crippen molar-refractivity contribution in [3.8, 4) is 46.3 Å². The van der Waals surface area contributed by atoms with Gasteiger partial charge in [-0.15, -0.1) is 0 Å². The first kappa shape index (κ1) is 68.7. The molecule has 2 N–H and O–H groups in total. The van der Waals surface area contributed by atoms with E-state index in [0.29, 0.717) is 211 Å². The molecule has 0 unspecified atom stereocenters. The third-order valence-electron chi connectivity index (χ3n) is 11.9. The fraction of sp³-hybridized carbons (Fsp3) is 0.562. The van der Waals surface area contributed by atoms with E-state index < -0.39 is 0 Å². The lowest BCUT2D eigenvalue weighted by Crippen LogP contribution is -2.15. The summed E-state index contributed by atoms with van der Waals surface area (Å²) < 4.78 is 94.4. The van der Waals surface area contributed by atoms with Crippen LogP contribution >= 0.6 is 0 Å². The number of ether oxygens (including phenoxy) is 17. The second-order valence-corrected chi connectivity index (χ2v) is 18.4. The standard InChI is InChI=1S/C64H88O19/c1-53-47-57(5-3-55-7-11-61(12-8-55)82-45-43-79-41-39-77-37-35-75-33-31-73-29-27-71-25-23-69-21-19-67-17-15-65)49-59-51-81-52-60-50-58(48-54(2)64(60)63(53)59)6-4-56-9-13-62(14-10-56)83-46-44-80-42-40-78-38-36-76-34-32-74-30-28-72-26-24-70-22-20-68-18-16-66/h7-14,47-50,65-66H,15-46,51-52H2,1-2H3. The molecule has 5 rings (SSSR count). The molecule has 4 aromatic carbocycles. The Balaban J connectivity index is 0.883. The third-order valence-corrected chi connectivity index (χ3v) is 11.9. The number of aliphatic hydroxyl groups excluding tert-OH is 2. The molecule has 0 amide bonds. The van der Waals surface area contributed by atoms with E-state index in [2.05, 4.69) is 61.8 Å². The lowest BCUT2D eigenvalue weighted by atomic mass is 9.87. The van der Waals surface area contributed by atoms with Gasteiger partial charge in [0.2, 0.25) is 0 Å². The van der Waals surface area contributed by atoms with Crippen LogP contribution in [0.3, 0.4) is 0 Å². The number of aryl methyl sites for hydroxylation is 2. The van der Waals surface area contributed by atoms with Gasteiger partial charge < -0.3 is 90.7 Å². The first-order valence-corrected chi connectivity index (χ1v) is 28.7. The zero-order chi connectivity index (χ0) is 58.3. The molecule has 4 aromatic rings. The third kappa shape index (κ3) is 31.6. The summed E-state index contributed by atoms with van der Waals surface area (Å²) in [6, 6.07) is 24.1. The van der Waals surface area contributed by atoms with E-state index in [1.165, 1.54) is 11.1 Å². The van der Waals surface area contributed by atoms with E-state index in [-0.39, 0.29) is 13.2 Å². The predicted molar refractivity (Wildman–Crippen MR) is 311 cm³/mol. The summed E-state index contributed by atoms with van der Waals surface area (Å²) in [5, 5.41) is 17.3. The van der Waals surface area contributed by atoms with Gasteiger partial charge in [0, 0.05) is 22.3 Å². The number of rotatable bonds is 48. The Morgan fingerprint density at radius 2 is 0.530 bits per heavy atom. The Bertz CT molecular complexity index is 2250. The second kappa shape index (κ2) is 46.2. The molecule has 0 saturated carbocycles. The predicted octanol–water partition coefficient (Wildman–Crippen LogP) is 5.77. The highest BCUT2D eigenvalue weighted by Gasteiger charge is 2.20. The number of fused-ring (bicyclic) bond motifs is 3. The maximum absolute atomic E-state index is 8.65. The van der Waals surface area contributed by atoms with Gasteiger partial charge in [0.1, 0.15) is 24.7 Å². The maximum atomic E-state index is 8.65. The van der Waals surface area contributed by atoms with Gasteiger partial charge in [-0.05, 0) is 120 Å². The van der Waals surface area contributed by atoms with Crippen molar-refractivity contribution in [1.29, 1.82) is 0 Å². The fourth-order valence-electron chi connectivity index (χ4n) is 8.05. The summed E-state index contributed by atoms with van der Waals surface area (Å²) >= 11 is 0. The molecule has 0 aromatic heterocycles. The van der Waals surface area contributed by atoms with Crippen molar-refractivity contribution >= 4 is 0 Å². The smallest absolute Gasteiger partial charge is 0.119 e. The summed E-state index contributed by atoms with van der Waals surface area (Å²) in [4.78, 5) is 0. The van der Waals surface area contributed by atoms with Crippen LogP contribution in [0.25, 0.3) is 11.1 Å². The zero-order valence-corrected chi connectivity index (χ0v) is 48.8. The highest BCUT2D eigenvalue weighted by molar-refractivity contribution is 5.79. The quantitative estimate of drug-likeness (QED) is 0.0399. The van der Waals surface area contributed by atoms with Crippen molar-refractivity contribution in [3.63, 3.8) is 0 Å². The number of benzene rings is 4. The van der Waals surface area contributed by atoms with Crippen LogP contribution in [0.2, 0.25) is 0 Å². The summed E-state index contributed by atoms with van der Waals surface area (Å²) in [6.07, 6.45) is 0. The Morgan fingerprint density at radius 3 is 0.783 bits per heavy atom. The molecule has 1 heterocycles. The average Bonchev–Trinajstić information content (AvgIpc) is 4.02. The van der Waals surface area contributed by atoms with Gasteiger partial charge >= 0.3 is 0 Å². The molecule has 0 saturated heterocycles. The van der Waals surface area contributed by atoms with Crippen LogP contribution in [-0.4, -0.2) is 222 Å². The van der Waals surface area contributed by atoms with Crippen molar-refractivity contribution in [1.82, 2.24) is 0 Å². The topological polar surface area (TPSA) is 197 Å². The van der Waals surface area contributed by atoms with Crippen LogP contribution in [0.4, 0.5) is 0 Å². The van der Waals surface area contributed by atoms with E-state index in [9.17, 15) is 0 Å². The van der Waals surface area contributed by atoms with E-state index in [1.807, 2.05) is 48.5 Å². The zero-order valence-electron chi connectivity index (χ0n) is 48.8. The van der Waals surface area contributed by atoms with Crippen LogP contribution in [0.15, 0.2) is 72.8 Å². The van der Waals surface area contributed by atoms with Crippen LogP contribution in [0, 0.1) is 37.5 Å². The molecule has 1 aliphatic rings. The molecule has 0 aliphatic carbocycles. The Morgan fingerprint density at radius 1 is 0.301 bits per heavy atom. The normalized spacial score (nSPS) is 11.8. The van der Waals surface area contributed by atoms with E-state index in [1.54, 1.807) is 0 Å².